The van der Waals surface area contributed by atoms with Gasteiger partial charge in [0.15, 0.2) is 0 Å². The van der Waals surface area contributed by atoms with Crippen molar-refractivity contribution in [3.05, 3.63) is 35.9 Å². The van der Waals surface area contributed by atoms with Crippen LogP contribution in [0.2, 0.25) is 0 Å². The van der Waals surface area contributed by atoms with Gasteiger partial charge in [-0.3, -0.25) is 0 Å². The highest BCUT2D eigenvalue weighted by Gasteiger charge is 2.27. The summed E-state index contributed by atoms with van der Waals surface area (Å²) in [7, 11) is 0. The maximum Gasteiger partial charge on any atom is 0.0783 e. The molecule has 0 aliphatic carbocycles. The summed E-state index contributed by atoms with van der Waals surface area (Å²) >= 11 is 7.32. The molecule has 0 saturated carbocycles. The fraction of sp³-hybridized carbons (Fsp3) is 0.500. The van der Waals surface area contributed by atoms with Crippen LogP contribution in [0.25, 0.3) is 0 Å². The minimum absolute atomic E-state index is 0.210. The van der Waals surface area contributed by atoms with Crippen LogP contribution in [0.4, 0.5) is 0 Å². The average Bonchev–Trinajstić information content (AvgIpc) is 2.28. The van der Waals surface area contributed by atoms with Crippen molar-refractivity contribution in [1.29, 1.82) is 0 Å². The lowest BCUT2D eigenvalue weighted by molar-refractivity contribution is 0.450. The van der Waals surface area contributed by atoms with Gasteiger partial charge in [-0.05, 0) is 11.5 Å². The number of rotatable bonds is 4. The minimum atomic E-state index is 0.210. The molecule has 1 atom stereocenters. The van der Waals surface area contributed by atoms with Crippen molar-refractivity contribution in [2.75, 3.05) is 0 Å². The lowest BCUT2D eigenvalue weighted by atomic mass is 9.95. The minimum Gasteiger partial charge on any atom is -0.107 e. The second-order valence-electron chi connectivity index (χ2n) is 4.67. The van der Waals surface area contributed by atoms with E-state index in [4.69, 9.17) is 12.2 Å². The zero-order chi connectivity index (χ0) is 12.2. The molecule has 0 aliphatic heterocycles. The highest BCUT2D eigenvalue weighted by Crippen LogP contribution is 2.36. The van der Waals surface area contributed by atoms with Gasteiger partial charge in [0, 0.05) is 4.75 Å². The number of hydrogen-bond donors (Lipinski definition) is 0. The van der Waals surface area contributed by atoms with Crippen molar-refractivity contribution < 1.29 is 0 Å². The predicted octanol–water partition coefficient (Wildman–Crippen LogP) is 4.92. The topological polar surface area (TPSA) is 0 Å². The summed E-state index contributed by atoms with van der Waals surface area (Å²) in [6.07, 6.45) is 1.19. The summed E-state index contributed by atoms with van der Waals surface area (Å²) in [5, 5.41) is 0. The molecule has 0 heterocycles. The third-order valence-electron chi connectivity index (χ3n) is 3.16. The first-order chi connectivity index (χ1) is 7.47. The molecule has 1 aromatic rings. The maximum atomic E-state index is 5.50. The number of hydrogen-bond acceptors (Lipinski definition) is 2. The van der Waals surface area contributed by atoms with Gasteiger partial charge in [-0.25, -0.2) is 0 Å². The predicted molar refractivity (Wildman–Crippen MR) is 79.3 cm³/mol. The van der Waals surface area contributed by atoms with E-state index < -0.39 is 0 Å². The molecule has 0 amide bonds. The lowest BCUT2D eigenvalue weighted by Crippen LogP contribution is -2.26. The van der Waals surface area contributed by atoms with E-state index in [1.54, 1.807) is 0 Å². The van der Waals surface area contributed by atoms with Crippen LogP contribution >= 0.6 is 24.0 Å². The molecule has 0 nitrogen and oxygen atoms in total. The Hall–Kier alpha value is -0.340. The quantitative estimate of drug-likeness (QED) is 0.698. The van der Waals surface area contributed by atoms with Gasteiger partial charge in [-0.15, -0.1) is 11.8 Å². The molecule has 0 saturated heterocycles. The van der Waals surface area contributed by atoms with E-state index in [-0.39, 0.29) is 4.75 Å². The van der Waals surface area contributed by atoms with Gasteiger partial charge in [-0.1, -0.05) is 76.7 Å². The molecule has 0 aliphatic rings. The van der Waals surface area contributed by atoms with Crippen LogP contribution in [0.3, 0.4) is 0 Å². The monoisotopic (exact) mass is 252 g/mol. The van der Waals surface area contributed by atoms with Crippen LogP contribution in [0.1, 0.15) is 39.7 Å². The summed E-state index contributed by atoms with van der Waals surface area (Å²) in [5.74, 6) is 0.666. The standard InChI is InChI=1S/C14H20S2/c1-5-11(2)14(3,4)16-13(15)12-9-7-6-8-10-12/h6-11H,5H2,1-4H3. The van der Waals surface area contributed by atoms with Crippen LogP contribution in [-0.2, 0) is 0 Å². The largest absolute Gasteiger partial charge is 0.107 e. The van der Waals surface area contributed by atoms with Gasteiger partial charge in [-0.2, -0.15) is 0 Å². The molecular formula is C14H20S2. The zero-order valence-electron chi connectivity index (χ0n) is 10.5. The Morgan fingerprint density at radius 3 is 2.38 bits per heavy atom. The van der Waals surface area contributed by atoms with Crippen LogP contribution < -0.4 is 0 Å². The summed E-state index contributed by atoms with van der Waals surface area (Å²) < 4.78 is 1.22. The van der Waals surface area contributed by atoms with Gasteiger partial charge < -0.3 is 0 Å². The molecule has 2 heteroatoms. The van der Waals surface area contributed by atoms with Gasteiger partial charge in [0.1, 0.15) is 0 Å². The number of benzene rings is 1. The molecule has 1 rings (SSSR count). The lowest BCUT2D eigenvalue weighted by Gasteiger charge is -2.30. The highest BCUT2D eigenvalue weighted by atomic mass is 32.2. The van der Waals surface area contributed by atoms with E-state index in [1.807, 2.05) is 30.0 Å². The van der Waals surface area contributed by atoms with Crippen LogP contribution in [0, 0.1) is 5.92 Å². The Bertz CT molecular complexity index is 341. The van der Waals surface area contributed by atoms with Crippen LogP contribution in [0.15, 0.2) is 30.3 Å². The first-order valence-electron chi connectivity index (χ1n) is 5.75. The zero-order valence-corrected chi connectivity index (χ0v) is 12.1. The van der Waals surface area contributed by atoms with Crippen molar-refractivity contribution in [2.45, 2.75) is 38.9 Å². The highest BCUT2D eigenvalue weighted by molar-refractivity contribution is 8.24. The van der Waals surface area contributed by atoms with Gasteiger partial charge >= 0.3 is 0 Å². The summed E-state index contributed by atoms with van der Waals surface area (Å²) in [6.45, 7) is 9.08. The Morgan fingerprint density at radius 1 is 1.31 bits per heavy atom. The molecular weight excluding hydrogens is 232 g/mol. The molecule has 0 spiro atoms. The Balaban J connectivity index is 2.72. The molecule has 0 fully saturated rings. The second-order valence-corrected chi connectivity index (χ2v) is 7.00. The van der Waals surface area contributed by atoms with E-state index in [2.05, 4.69) is 39.8 Å². The van der Waals surface area contributed by atoms with Crippen LogP contribution in [0.5, 0.6) is 0 Å². The van der Waals surface area contributed by atoms with E-state index in [0.29, 0.717) is 5.92 Å². The first kappa shape index (κ1) is 13.7. The smallest absolute Gasteiger partial charge is 0.0783 e. The molecule has 16 heavy (non-hydrogen) atoms. The molecule has 0 bridgehead atoms. The van der Waals surface area contributed by atoms with Crippen molar-refractivity contribution >= 4 is 28.2 Å². The first-order valence-corrected chi connectivity index (χ1v) is 6.98. The van der Waals surface area contributed by atoms with Crippen molar-refractivity contribution in [2.24, 2.45) is 5.92 Å². The van der Waals surface area contributed by atoms with E-state index in [1.165, 1.54) is 12.0 Å². The fourth-order valence-corrected chi connectivity index (χ4v) is 3.34. The summed E-state index contributed by atoms with van der Waals surface area (Å²) in [6, 6.07) is 10.3. The molecule has 1 aromatic carbocycles. The fourth-order valence-electron chi connectivity index (χ4n) is 1.46. The van der Waals surface area contributed by atoms with E-state index in [9.17, 15) is 0 Å². The Labute approximate surface area is 109 Å². The molecule has 0 N–H and O–H groups in total. The third kappa shape index (κ3) is 3.60. The number of thiocarbonyl (C=S) groups is 1. The summed E-state index contributed by atoms with van der Waals surface area (Å²) in [5.41, 5.74) is 1.17. The van der Waals surface area contributed by atoms with Gasteiger partial charge in [0.2, 0.25) is 0 Å². The Kier molecular flexibility index (Phi) is 5.00. The third-order valence-corrected chi connectivity index (χ3v) is 5.00. The van der Waals surface area contributed by atoms with Crippen molar-refractivity contribution in [3.8, 4) is 0 Å². The molecule has 0 radical (unpaired) electrons. The molecule has 0 aromatic heterocycles. The van der Waals surface area contributed by atoms with E-state index in [0.717, 1.165) is 4.20 Å². The van der Waals surface area contributed by atoms with Crippen LogP contribution in [-0.4, -0.2) is 8.94 Å². The van der Waals surface area contributed by atoms with E-state index >= 15 is 0 Å². The molecule has 88 valence electrons. The SMILES string of the molecule is CCC(C)C(C)(C)SC(=S)c1ccccc1. The number of thioether (sulfide) groups is 1. The maximum absolute atomic E-state index is 5.50. The average molecular weight is 252 g/mol. The summed E-state index contributed by atoms with van der Waals surface area (Å²) in [4.78, 5) is 0. The Morgan fingerprint density at radius 2 is 1.88 bits per heavy atom. The molecule has 1 unspecified atom stereocenters. The van der Waals surface area contributed by atoms with Crippen molar-refractivity contribution in [1.82, 2.24) is 0 Å². The van der Waals surface area contributed by atoms with Crippen molar-refractivity contribution in [3.63, 3.8) is 0 Å². The second kappa shape index (κ2) is 5.83. The normalized spacial score (nSPS) is 13.5. The van der Waals surface area contributed by atoms with Gasteiger partial charge in [0.05, 0.1) is 4.20 Å². The van der Waals surface area contributed by atoms with Gasteiger partial charge in [0.25, 0.3) is 0 Å².